The molecule has 2 N–H and O–H groups in total. The number of hydrogen-bond donors (Lipinski definition) is 1. The highest BCUT2D eigenvalue weighted by molar-refractivity contribution is 5.85. The van der Waals surface area contributed by atoms with Crippen molar-refractivity contribution < 1.29 is 9.32 Å². The number of piperidine rings is 1. The summed E-state index contributed by atoms with van der Waals surface area (Å²) in [5.41, 5.74) is 6.27. The second-order valence-electron chi connectivity index (χ2n) is 5.91. The molecule has 3 rings (SSSR count). The minimum Gasteiger partial charge on any atom is -0.342 e. The van der Waals surface area contributed by atoms with E-state index in [0.717, 1.165) is 12.8 Å². The zero-order valence-corrected chi connectivity index (χ0v) is 15.6. The van der Waals surface area contributed by atoms with Gasteiger partial charge in [-0.15, -0.1) is 24.8 Å². The van der Waals surface area contributed by atoms with Crippen molar-refractivity contribution in [1.29, 1.82) is 0 Å². The number of aromatic nitrogens is 3. The van der Waals surface area contributed by atoms with Gasteiger partial charge in [-0.25, -0.2) is 0 Å². The molecule has 25 heavy (non-hydrogen) atoms. The average molecular weight is 388 g/mol. The van der Waals surface area contributed by atoms with Gasteiger partial charge in [-0.05, 0) is 25.0 Å². The van der Waals surface area contributed by atoms with Gasteiger partial charge in [0.2, 0.25) is 17.6 Å². The predicted octanol–water partition coefficient (Wildman–Crippen LogP) is 2.28. The SMILES string of the molecule is CC(CN)C(=O)N1CCC(c2nc(-c3ccccn3)no2)CC1.Cl.Cl. The van der Waals surface area contributed by atoms with Crippen molar-refractivity contribution >= 4 is 30.7 Å². The van der Waals surface area contributed by atoms with Gasteiger partial charge in [0.1, 0.15) is 5.69 Å². The van der Waals surface area contributed by atoms with Crippen LogP contribution in [0.25, 0.3) is 11.5 Å². The summed E-state index contributed by atoms with van der Waals surface area (Å²) in [7, 11) is 0. The van der Waals surface area contributed by atoms with Crippen LogP contribution in [0.5, 0.6) is 0 Å². The van der Waals surface area contributed by atoms with E-state index in [9.17, 15) is 4.79 Å². The van der Waals surface area contributed by atoms with Crippen LogP contribution in [-0.4, -0.2) is 45.6 Å². The lowest BCUT2D eigenvalue weighted by Gasteiger charge is -2.32. The number of carbonyl (C=O) groups is 1. The lowest BCUT2D eigenvalue weighted by atomic mass is 9.95. The van der Waals surface area contributed by atoms with Gasteiger partial charge in [0.15, 0.2) is 0 Å². The third kappa shape index (κ3) is 4.90. The van der Waals surface area contributed by atoms with E-state index in [1.54, 1.807) is 6.20 Å². The minimum absolute atomic E-state index is 0. The molecular weight excluding hydrogens is 365 g/mol. The quantitative estimate of drug-likeness (QED) is 0.863. The van der Waals surface area contributed by atoms with Crippen LogP contribution < -0.4 is 5.73 Å². The molecule has 9 heteroatoms. The van der Waals surface area contributed by atoms with Crippen LogP contribution >= 0.6 is 24.8 Å². The Hall–Kier alpha value is -1.70. The molecule has 0 aromatic carbocycles. The second kappa shape index (κ2) is 9.70. The summed E-state index contributed by atoms with van der Waals surface area (Å²) in [6, 6.07) is 5.59. The number of carbonyl (C=O) groups excluding carboxylic acids is 1. The standard InChI is InChI=1S/C16H21N5O2.2ClH/c1-11(10-17)16(22)21-8-5-12(6-9-21)15-19-14(20-23-15)13-4-2-3-7-18-13;;/h2-4,7,11-12H,5-6,8-10,17H2,1H3;2*1H. The molecule has 1 atom stereocenters. The third-order valence-corrected chi connectivity index (χ3v) is 4.27. The Labute approximate surface area is 159 Å². The zero-order chi connectivity index (χ0) is 16.2. The summed E-state index contributed by atoms with van der Waals surface area (Å²) in [6.45, 7) is 3.66. The first kappa shape index (κ1) is 21.3. The molecule has 138 valence electrons. The van der Waals surface area contributed by atoms with Gasteiger partial charge in [0.05, 0.1) is 0 Å². The number of rotatable bonds is 4. The summed E-state index contributed by atoms with van der Waals surface area (Å²) >= 11 is 0. The molecule has 1 fully saturated rings. The zero-order valence-electron chi connectivity index (χ0n) is 14.0. The van der Waals surface area contributed by atoms with Crippen LogP contribution in [0.4, 0.5) is 0 Å². The van der Waals surface area contributed by atoms with E-state index in [1.807, 2.05) is 30.0 Å². The Bertz CT molecular complexity index is 660. The molecule has 0 radical (unpaired) electrons. The fraction of sp³-hybridized carbons (Fsp3) is 0.500. The average Bonchev–Trinajstić information content (AvgIpc) is 3.11. The van der Waals surface area contributed by atoms with Gasteiger partial charge >= 0.3 is 0 Å². The molecule has 1 unspecified atom stereocenters. The first-order chi connectivity index (χ1) is 11.2. The molecular formula is C16H23Cl2N5O2. The first-order valence-corrected chi connectivity index (χ1v) is 7.93. The molecule has 7 nitrogen and oxygen atoms in total. The molecule has 1 aliphatic rings. The smallest absolute Gasteiger partial charge is 0.230 e. The van der Waals surface area contributed by atoms with Gasteiger partial charge in [-0.1, -0.05) is 18.1 Å². The highest BCUT2D eigenvalue weighted by Crippen LogP contribution is 2.28. The number of likely N-dealkylation sites (tertiary alicyclic amines) is 1. The second-order valence-corrected chi connectivity index (χ2v) is 5.91. The lowest BCUT2D eigenvalue weighted by Crippen LogP contribution is -2.42. The van der Waals surface area contributed by atoms with Crippen molar-refractivity contribution in [2.24, 2.45) is 11.7 Å². The molecule has 3 heterocycles. The van der Waals surface area contributed by atoms with E-state index in [-0.39, 0.29) is 42.6 Å². The summed E-state index contributed by atoms with van der Waals surface area (Å²) in [4.78, 5) is 22.7. The molecule has 1 saturated heterocycles. The topological polar surface area (TPSA) is 98.1 Å². The largest absolute Gasteiger partial charge is 0.342 e. The van der Waals surface area contributed by atoms with E-state index in [1.165, 1.54) is 0 Å². The lowest BCUT2D eigenvalue weighted by molar-refractivity contribution is -0.135. The van der Waals surface area contributed by atoms with Crippen LogP contribution in [0, 0.1) is 5.92 Å². The monoisotopic (exact) mass is 387 g/mol. The number of pyridine rings is 1. The van der Waals surface area contributed by atoms with Crippen molar-refractivity contribution in [1.82, 2.24) is 20.0 Å². The van der Waals surface area contributed by atoms with Crippen LogP contribution in [-0.2, 0) is 4.79 Å². The van der Waals surface area contributed by atoms with E-state index in [2.05, 4.69) is 15.1 Å². The van der Waals surface area contributed by atoms with E-state index in [0.29, 0.717) is 37.0 Å². The number of nitrogens with two attached hydrogens (primary N) is 1. The van der Waals surface area contributed by atoms with Gasteiger partial charge in [0, 0.05) is 37.7 Å². The van der Waals surface area contributed by atoms with Crippen molar-refractivity contribution in [2.45, 2.75) is 25.7 Å². The molecule has 0 spiro atoms. The summed E-state index contributed by atoms with van der Waals surface area (Å²) in [5, 5.41) is 4.01. The first-order valence-electron chi connectivity index (χ1n) is 7.93. The molecule has 1 aliphatic heterocycles. The Morgan fingerprint density at radius 2 is 2.08 bits per heavy atom. The maximum Gasteiger partial charge on any atom is 0.230 e. The predicted molar refractivity (Wildman–Crippen MR) is 98.8 cm³/mol. The normalized spacial score (nSPS) is 15.8. The van der Waals surface area contributed by atoms with Crippen LogP contribution in [0.15, 0.2) is 28.9 Å². The van der Waals surface area contributed by atoms with Crippen LogP contribution in [0.2, 0.25) is 0 Å². The van der Waals surface area contributed by atoms with E-state index < -0.39 is 0 Å². The van der Waals surface area contributed by atoms with E-state index in [4.69, 9.17) is 10.3 Å². The van der Waals surface area contributed by atoms with E-state index >= 15 is 0 Å². The molecule has 2 aromatic heterocycles. The maximum atomic E-state index is 12.1. The number of hydrogen-bond acceptors (Lipinski definition) is 6. The Kier molecular flexibility index (Phi) is 8.28. The fourth-order valence-electron chi connectivity index (χ4n) is 2.76. The van der Waals surface area contributed by atoms with Crippen LogP contribution in [0.3, 0.4) is 0 Å². The molecule has 2 aromatic rings. The minimum atomic E-state index is -0.120. The summed E-state index contributed by atoms with van der Waals surface area (Å²) in [5.74, 6) is 1.34. The molecule has 1 amide bonds. The Balaban J connectivity index is 0.00000156. The van der Waals surface area contributed by atoms with Gasteiger partial charge in [0.25, 0.3) is 0 Å². The van der Waals surface area contributed by atoms with Crippen molar-refractivity contribution in [3.63, 3.8) is 0 Å². The molecule has 0 saturated carbocycles. The maximum absolute atomic E-state index is 12.1. The highest BCUT2D eigenvalue weighted by Gasteiger charge is 2.29. The van der Waals surface area contributed by atoms with Crippen molar-refractivity contribution in [3.05, 3.63) is 30.3 Å². The fourth-order valence-corrected chi connectivity index (χ4v) is 2.76. The molecule has 0 aliphatic carbocycles. The third-order valence-electron chi connectivity index (χ3n) is 4.27. The summed E-state index contributed by atoms with van der Waals surface area (Å²) < 4.78 is 5.40. The Morgan fingerprint density at radius 1 is 1.36 bits per heavy atom. The number of amides is 1. The number of nitrogens with zero attached hydrogens (tertiary/aromatic N) is 4. The van der Waals surface area contributed by atoms with Gasteiger partial charge in [-0.2, -0.15) is 4.98 Å². The van der Waals surface area contributed by atoms with Crippen LogP contribution in [0.1, 0.15) is 31.6 Å². The van der Waals surface area contributed by atoms with Crippen molar-refractivity contribution in [3.8, 4) is 11.5 Å². The van der Waals surface area contributed by atoms with Gasteiger partial charge < -0.3 is 15.2 Å². The molecule has 0 bridgehead atoms. The Morgan fingerprint density at radius 3 is 2.68 bits per heavy atom. The van der Waals surface area contributed by atoms with Crippen molar-refractivity contribution in [2.75, 3.05) is 19.6 Å². The van der Waals surface area contributed by atoms with Gasteiger partial charge in [-0.3, -0.25) is 9.78 Å². The highest BCUT2D eigenvalue weighted by atomic mass is 35.5. The summed E-state index contributed by atoms with van der Waals surface area (Å²) in [6.07, 6.45) is 3.36. The number of halogens is 2.